The molecule has 0 heterocycles. The van der Waals surface area contributed by atoms with E-state index in [1.165, 1.54) is 12.1 Å². The highest BCUT2D eigenvalue weighted by Gasteiger charge is 2.15. The Balaban J connectivity index is 2.84. The maximum Gasteiger partial charge on any atom is 0.308 e. The van der Waals surface area contributed by atoms with E-state index in [1.54, 1.807) is 37.9 Å². The number of rotatable bonds is 7. The normalized spacial score (nSPS) is 12.9. The Morgan fingerprint density at radius 2 is 1.90 bits per heavy atom. The molecular formula is C13H20N2O4S. The molecule has 0 amide bonds. The highest BCUT2D eigenvalue weighted by Crippen LogP contribution is 2.17. The van der Waals surface area contributed by atoms with Gasteiger partial charge >= 0.3 is 5.97 Å². The lowest BCUT2D eigenvalue weighted by Gasteiger charge is -2.21. The molecule has 0 spiro atoms. The smallest absolute Gasteiger partial charge is 0.308 e. The first-order valence-electron chi connectivity index (χ1n) is 6.31. The number of aliphatic carboxylic acids is 1. The summed E-state index contributed by atoms with van der Waals surface area (Å²) < 4.78 is 26.0. The number of carboxylic acid groups (broad SMARTS) is 1. The second-order valence-corrected chi connectivity index (χ2v) is 6.38. The van der Waals surface area contributed by atoms with E-state index >= 15 is 0 Å². The number of benzene rings is 1. The van der Waals surface area contributed by atoms with Crippen LogP contribution in [0.3, 0.4) is 0 Å². The Labute approximate surface area is 119 Å². The van der Waals surface area contributed by atoms with Crippen molar-refractivity contribution >= 4 is 21.7 Å². The SMILES string of the molecule is CCNS(=O)(=O)c1ccc(N(C)CC(C)C(=O)O)cc1. The number of nitrogens with zero attached hydrogens (tertiary/aromatic N) is 1. The molecule has 1 unspecified atom stereocenters. The topological polar surface area (TPSA) is 86.7 Å². The summed E-state index contributed by atoms with van der Waals surface area (Å²) in [6.07, 6.45) is 0. The number of hydrogen-bond donors (Lipinski definition) is 2. The third kappa shape index (κ3) is 4.21. The first-order valence-corrected chi connectivity index (χ1v) is 7.80. The summed E-state index contributed by atoms with van der Waals surface area (Å²) in [7, 11) is -1.68. The van der Waals surface area contributed by atoms with Gasteiger partial charge in [0.25, 0.3) is 0 Å². The molecule has 7 heteroatoms. The van der Waals surface area contributed by atoms with Crippen LogP contribution in [0.5, 0.6) is 0 Å². The van der Waals surface area contributed by atoms with Gasteiger partial charge in [0, 0.05) is 25.8 Å². The fourth-order valence-electron chi connectivity index (χ4n) is 1.75. The van der Waals surface area contributed by atoms with E-state index < -0.39 is 21.9 Å². The van der Waals surface area contributed by atoms with Crippen molar-refractivity contribution < 1.29 is 18.3 Å². The third-order valence-electron chi connectivity index (χ3n) is 2.89. The Kier molecular flexibility index (Phi) is 5.52. The molecule has 1 atom stereocenters. The Hall–Kier alpha value is -1.60. The van der Waals surface area contributed by atoms with Gasteiger partial charge in [0.2, 0.25) is 10.0 Å². The van der Waals surface area contributed by atoms with E-state index in [-0.39, 0.29) is 4.90 Å². The predicted molar refractivity (Wildman–Crippen MR) is 77.4 cm³/mol. The summed E-state index contributed by atoms with van der Waals surface area (Å²) in [6.45, 7) is 4.03. The lowest BCUT2D eigenvalue weighted by Crippen LogP contribution is -2.28. The van der Waals surface area contributed by atoms with Gasteiger partial charge in [-0.25, -0.2) is 13.1 Å². The van der Waals surface area contributed by atoms with Crippen molar-refractivity contribution in [1.29, 1.82) is 0 Å². The van der Waals surface area contributed by atoms with Crippen molar-refractivity contribution in [2.45, 2.75) is 18.7 Å². The van der Waals surface area contributed by atoms with Crippen LogP contribution in [0.15, 0.2) is 29.2 Å². The second-order valence-electron chi connectivity index (χ2n) is 4.62. The van der Waals surface area contributed by atoms with Crippen LogP contribution in [-0.2, 0) is 14.8 Å². The van der Waals surface area contributed by atoms with Crippen LogP contribution in [0, 0.1) is 5.92 Å². The third-order valence-corrected chi connectivity index (χ3v) is 4.45. The highest BCUT2D eigenvalue weighted by atomic mass is 32.2. The summed E-state index contributed by atoms with van der Waals surface area (Å²) in [5.74, 6) is -1.35. The van der Waals surface area contributed by atoms with E-state index in [2.05, 4.69) is 4.72 Å². The van der Waals surface area contributed by atoms with E-state index in [9.17, 15) is 13.2 Å². The average molecular weight is 300 g/mol. The zero-order valence-electron chi connectivity index (χ0n) is 11.8. The number of anilines is 1. The van der Waals surface area contributed by atoms with Gasteiger partial charge in [-0.1, -0.05) is 13.8 Å². The predicted octanol–water partition coefficient (Wildman–Crippen LogP) is 1.14. The maximum atomic E-state index is 11.8. The second kappa shape index (κ2) is 6.71. The lowest BCUT2D eigenvalue weighted by atomic mass is 10.1. The molecule has 0 bridgehead atoms. The zero-order chi connectivity index (χ0) is 15.3. The van der Waals surface area contributed by atoms with Crippen LogP contribution in [0.25, 0.3) is 0 Å². The summed E-state index contributed by atoms with van der Waals surface area (Å²) in [5, 5.41) is 8.87. The van der Waals surface area contributed by atoms with Crippen LogP contribution >= 0.6 is 0 Å². The summed E-state index contributed by atoms with van der Waals surface area (Å²) >= 11 is 0. The van der Waals surface area contributed by atoms with Gasteiger partial charge in [0.05, 0.1) is 10.8 Å². The van der Waals surface area contributed by atoms with Crippen molar-refractivity contribution in [3.63, 3.8) is 0 Å². The first kappa shape index (κ1) is 16.5. The molecule has 6 nitrogen and oxygen atoms in total. The molecule has 0 aliphatic carbocycles. The number of carbonyl (C=O) groups is 1. The van der Waals surface area contributed by atoms with Gasteiger partial charge in [-0.3, -0.25) is 4.79 Å². The fraction of sp³-hybridized carbons (Fsp3) is 0.462. The largest absolute Gasteiger partial charge is 0.481 e. The molecule has 2 N–H and O–H groups in total. The van der Waals surface area contributed by atoms with Crippen LogP contribution in [-0.4, -0.2) is 39.6 Å². The monoisotopic (exact) mass is 300 g/mol. The van der Waals surface area contributed by atoms with Crippen molar-refractivity contribution in [2.75, 3.05) is 25.0 Å². The molecule has 0 aliphatic heterocycles. The van der Waals surface area contributed by atoms with Crippen LogP contribution in [0.4, 0.5) is 5.69 Å². The molecule has 0 aliphatic rings. The number of nitrogens with one attached hydrogen (secondary N) is 1. The van der Waals surface area contributed by atoms with E-state index in [1.807, 2.05) is 0 Å². The maximum absolute atomic E-state index is 11.8. The lowest BCUT2D eigenvalue weighted by molar-refractivity contribution is -0.140. The van der Waals surface area contributed by atoms with Crippen molar-refractivity contribution in [3.8, 4) is 0 Å². The molecule has 0 fully saturated rings. The van der Waals surface area contributed by atoms with Crippen molar-refractivity contribution in [2.24, 2.45) is 5.92 Å². The van der Waals surface area contributed by atoms with Gasteiger partial charge in [0.1, 0.15) is 0 Å². The minimum atomic E-state index is -3.45. The fourth-order valence-corrected chi connectivity index (χ4v) is 2.79. The molecule has 20 heavy (non-hydrogen) atoms. The van der Waals surface area contributed by atoms with E-state index in [0.29, 0.717) is 13.1 Å². The van der Waals surface area contributed by atoms with Gasteiger partial charge in [-0.15, -0.1) is 0 Å². The first-order chi connectivity index (χ1) is 9.27. The van der Waals surface area contributed by atoms with Gasteiger partial charge in [-0.05, 0) is 24.3 Å². The molecule has 0 saturated heterocycles. The van der Waals surface area contributed by atoms with Crippen molar-refractivity contribution in [3.05, 3.63) is 24.3 Å². The average Bonchev–Trinajstić information content (AvgIpc) is 2.38. The van der Waals surface area contributed by atoms with Crippen molar-refractivity contribution in [1.82, 2.24) is 4.72 Å². The van der Waals surface area contributed by atoms with Crippen LogP contribution < -0.4 is 9.62 Å². The number of hydrogen-bond acceptors (Lipinski definition) is 4. The molecule has 1 aromatic carbocycles. The zero-order valence-corrected chi connectivity index (χ0v) is 12.6. The minimum Gasteiger partial charge on any atom is -0.481 e. The Morgan fingerprint density at radius 1 is 1.35 bits per heavy atom. The van der Waals surface area contributed by atoms with Crippen LogP contribution in [0.2, 0.25) is 0 Å². The van der Waals surface area contributed by atoms with Crippen LogP contribution in [0.1, 0.15) is 13.8 Å². The molecule has 1 aromatic rings. The summed E-state index contributed by atoms with van der Waals surface area (Å²) in [6, 6.07) is 6.35. The van der Waals surface area contributed by atoms with E-state index in [0.717, 1.165) is 5.69 Å². The minimum absolute atomic E-state index is 0.197. The molecule has 0 aromatic heterocycles. The van der Waals surface area contributed by atoms with Gasteiger partial charge < -0.3 is 10.0 Å². The number of sulfonamides is 1. The summed E-state index contributed by atoms with van der Waals surface area (Å²) in [5.41, 5.74) is 0.772. The molecule has 1 rings (SSSR count). The number of carboxylic acids is 1. The standard InChI is InChI=1S/C13H20N2O4S/c1-4-14-20(18,19)12-7-5-11(6-8-12)15(3)9-10(2)13(16)17/h5-8,10,14H,4,9H2,1-3H3,(H,16,17). The molecular weight excluding hydrogens is 280 g/mol. The Bertz CT molecular complexity index is 554. The summed E-state index contributed by atoms with van der Waals surface area (Å²) in [4.78, 5) is 12.8. The van der Waals surface area contributed by atoms with E-state index in [4.69, 9.17) is 5.11 Å². The Morgan fingerprint density at radius 3 is 2.35 bits per heavy atom. The molecule has 112 valence electrons. The quantitative estimate of drug-likeness (QED) is 0.788. The van der Waals surface area contributed by atoms with Gasteiger partial charge in [0.15, 0.2) is 0 Å². The molecule has 0 radical (unpaired) electrons. The van der Waals surface area contributed by atoms with Gasteiger partial charge in [-0.2, -0.15) is 0 Å². The highest BCUT2D eigenvalue weighted by molar-refractivity contribution is 7.89. The molecule has 0 saturated carbocycles.